The number of aryl methyl sites for hydroxylation is 1. The van der Waals surface area contributed by atoms with Crippen molar-refractivity contribution in [2.24, 2.45) is 7.05 Å². The molecular formula is C17H26N4O. The second-order valence-electron chi connectivity index (χ2n) is 6.19. The van der Waals surface area contributed by atoms with E-state index in [0.717, 1.165) is 50.7 Å². The van der Waals surface area contributed by atoms with Crippen LogP contribution in [-0.4, -0.2) is 65.3 Å². The summed E-state index contributed by atoms with van der Waals surface area (Å²) < 4.78 is 7.42. The minimum atomic E-state index is 0.568. The van der Waals surface area contributed by atoms with Crippen LogP contribution in [0.1, 0.15) is 12.7 Å². The fourth-order valence-corrected chi connectivity index (χ4v) is 3.29. The van der Waals surface area contributed by atoms with E-state index in [1.54, 1.807) is 7.11 Å². The summed E-state index contributed by atoms with van der Waals surface area (Å²) in [4.78, 5) is 9.81. The van der Waals surface area contributed by atoms with Crippen LogP contribution in [0.4, 0.5) is 0 Å². The Morgan fingerprint density at radius 3 is 2.82 bits per heavy atom. The summed E-state index contributed by atoms with van der Waals surface area (Å²) in [5.41, 5.74) is 2.30. The highest BCUT2D eigenvalue weighted by Gasteiger charge is 2.24. The van der Waals surface area contributed by atoms with Gasteiger partial charge < -0.3 is 9.30 Å². The van der Waals surface area contributed by atoms with Crippen molar-refractivity contribution in [3.05, 3.63) is 30.1 Å². The number of para-hydroxylation sites is 2. The Bertz CT molecular complexity index is 624. The van der Waals surface area contributed by atoms with E-state index >= 15 is 0 Å². The number of rotatable bonds is 5. The molecule has 1 saturated heterocycles. The molecule has 1 atom stereocenters. The largest absolute Gasteiger partial charge is 0.383 e. The third kappa shape index (κ3) is 3.16. The number of fused-ring (bicyclic) bond motifs is 1. The maximum absolute atomic E-state index is 5.20. The van der Waals surface area contributed by atoms with Gasteiger partial charge in [-0.2, -0.15) is 0 Å². The minimum absolute atomic E-state index is 0.568. The number of imidazole rings is 1. The van der Waals surface area contributed by atoms with Gasteiger partial charge in [-0.05, 0) is 19.1 Å². The molecule has 22 heavy (non-hydrogen) atoms. The van der Waals surface area contributed by atoms with Gasteiger partial charge in [-0.25, -0.2) is 4.98 Å². The summed E-state index contributed by atoms with van der Waals surface area (Å²) in [5, 5.41) is 0. The lowest BCUT2D eigenvalue weighted by atomic mass is 10.2. The standard InChI is InChI=1S/C17H26N4O/c1-14-12-20(8-9-21(14)10-11-22-3)13-17-18-15-6-4-5-7-16(15)19(17)2/h4-7,14H,8-13H2,1-3H3. The Kier molecular flexibility index (Phi) is 4.76. The molecule has 5 nitrogen and oxygen atoms in total. The fourth-order valence-electron chi connectivity index (χ4n) is 3.29. The number of aromatic nitrogens is 2. The average molecular weight is 302 g/mol. The van der Waals surface area contributed by atoms with E-state index in [-0.39, 0.29) is 0 Å². The Morgan fingerprint density at radius 1 is 1.27 bits per heavy atom. The molecule has 1 unspecified atom stereocenters. The number of hydrogen-bond donors (Lipinski definition) is 0. The smallest absolute Gasteiger partial charge is 0.123 e. The van der Waals surface area contributed by atoms with E-state index in [0.29, 0.717) is 6.04 Å². The SMILES string of the molecule is COCCN1CCN(Cc2nc3ccccc3n2C)CC1C. The van der Waals surface area contributed by atoms with Crippen molar-refractivity contribution in [1.29, 1.82) is 0 Å². The number of piperazine rings is 1. The summed E-state index contributed by atoms with van der Waals surface area (Å²) in [6, 6.07) is 8.92. The number of ether oxygens (including phenoxy) is 1. The zero-order valence-electron chi connectivity index (χ0n) is 13.8. The molecule has 0 N–H and O–H groups in total. The van der Waals surface area contributed by atoms with E-state index in [2.05, 4.69) is 52.6 Å². The van der Waals surface area contributed by atoms with E-state index in [1.165, 1.54) is 5.52 Å². The van der Waals surface area contributed by atoms with Crippen LogP contribution in [0, 0.1) is 0 Å². The molecule has 1 fully saturated rings. The van der Waals surface area contributed by atoms with E-state index in [1.807, 2.05) is 0 Å². The highest BCUT2D eigenvalue weighted by Crippen LogP contribution is 2.17. The van der Waals surface area contributed by atoms with Crippen LogP contribution in [0.3, 0.4) is 0 Å². The monoisotopic (exact) mass is 302 g/mol. The van der Waals surface area contributed by atoms with Crippen molar-refractivity contribution in [2.75, 3.05) is 39.9 Å². The Labute approximate surface area is 132 Å². The quantitative estimate of drug-likeness (QED) is 0.842. The molecule has 0 aliphatic carbocycles. The summed E-state index contributed by atoms with van der Waals surface area (Å²) in [6.07, 6.45) is 0. The lowest BCUT2D eigenvalue weighted by Gasteiger charge is -2.39. The van der Waals surface area contributed by atoms with Gasteiger partial charge in [0.15, 0.2) is 0 Å². The number of hydrogen-bond acceptors (Lipinski definition) is 4. The van der Waals surface area contributed by atoms with E-state index < -0.39 is 0 Å². The molecular weight excluding hydrogens is 276 g/mol. The molecule has 1 aliphatic rings. The van der Waals surface area contributed by atoms with Gasteiger partial charge in [0.25, 0.3) is 0 Å². The maximum atomic E-state index is 5.20. The zero-order valence-corrected chi connectivity index (χ0v) is 13.8. The molecule has 1 aromatic heterocycles. The average Bonchev–Trinajstić information content (AvgIpc) is 2.83. The number of nitrogens with zero attached hydrogens (tertiary/aromatic N) is 4. The van der Waals surface area contributed by atoms with Crippen molar-refractivity contribution >= 4 is 11.0 Å². The Morgan fingerprint density at radius 2 is 2.09 bits per heavy atom. The molecule has 0 amide bonds. The molecule has 2 aromatic rings. The maximum Gasteiger partial charge on any atom is 0.123 e. The van der Waals surface area contributed by atoms with Gasteiger partial charge in [0.2, 0.25) is 0 Å². The van der Waals surface area contributed by atoms with Crippen LogP contribution >= 0.6 is 0 Å². The Balaban J connectivity index is 1.65. The second-order valence-corrected chi connectivity index (χ2v) is 6.19. The van der Waals surface area contributed by atoms with Crippen LogP contribution in [-0.2, 0) is 18.3 Å². The molecule has 0 bridgehead atoms. The molecule has 1 aromatic carbocycles. The summed E-state index contributed by atoms with van der Waals surface area (Å²) in [5.74, 6) is 1.15. The van der Waals surface area contributed by atoms with Gasteiger partial charge in [-0.15, -0.1) is 0 Å². The molecule has 0 radical (unpaired) electrons. The first-order valence-electron chi connectivity index (χ1n) is 8.04. The first-order valence-corrected chi connectivity index (χ1v) is 8.04. The molecule has 3 rings (SSSR count). The van der Waals surface area contributed by atoms with Crippen LogP contribution in [0.5, 0.6) is 0 Å². The summed E-state index contributed by atoms with van der Waals surface area (Å²) in [7, 11) is 3.88. The van der Waals surface area contributed by atoms with Gasteiger partial charge in [0.1, 0.15) is 5.82 Å². The van der Waals surface area contributed by atoms with Gasteiger partial charge in [-0.3, -0.25) is 9.80 Å². The van der Waals surface area contributed by atoms with E-state index in [9.17, 15) is 0 Å². The summed E-state index contributed by atoms with van der Waals surface area (Å²) >= 11 is 0. The molecule has 1 aliphatic heterocycles. The van der Waals surface area contributed by atoms with Gasteiger partial charge in [-0.1, -0.05) is 12.1 Å². The molecule has 0 spiro atoms. The number of methoxy groups -OCH3 is 1. The summed E-state index contributed by atoms with van der Waals surface area (Å²) in [6.45, 7) is 8.36. The molecule has 5 heteroatoms. The van der Waals surface area contributed by atoms with Gasteiger partial charge >= 0.3 is 0 Å². The van der Waals surface area contributed by atoms with Crippen molar-refractivity contribution in [1.82, 2.24) is 19.4 Å². The van der Waals surface area contributed by atoms with Crippen LogP contribution in [0.2, 0.25) is 0 Å². The van der Waals surface area contributed by atoms with Crippen molar-refractivity contribution in [3.8, 4) is 0 Å². The second kappa shape index (κ2) is 6.77. The van der Waals surface area contributed by atoms with Crippen LogP contribution in [0.25, 0.3) is 11.0 Å². The predicted molar refractivity (Wildman–Crippen MR) is 88.9 cm³/mol. The molecule has 0 saturated carbocycles. The highest BCUT2D eigenvalue weighted by molar-refractivity contribution is 5.75. The fraction of sp³-hybridized carbons (Fsp3) is 0.588. The lowest BCUT2D eigenvalue weighted by Crippen LogP contribution is -2.52. The topological polar surface area (TPSA) is 33.5 Å². The molecule has 120 valence electrons. The van der Waals surface area contributed by atoms with Crippen LogP contribution < -0.4 is 0 Å². The lowest BCUT2D eigenvalue weighted by molar-refractivity contribution is 0.0544. The third-order valence-electron chi connectivity index (χ3n) is 4.68. The van der Waals surface area contributed by atoms with Crippen molar-refractivity contribution < 1.29 is 4.74 Å². The van der Waals surface area contributed by atoms with Crippen molar-refractivity contribution in [2.45, 2.75) is 19.5 Å². The first-order chi connectivity index (χ1) is 10.7. The van der Waals surface area contributed by atoms with Crippen molar-refractivity contribution in [3.63, 3.8) is 0 Å². The highest BCUT2D eigenvalue weighted by atomic mass is 16.5. The Hall–Kier alpha value is -1.43. The minimum Gasteiger partial charge on any atom is -0.383 e. The normalized spacial score (nSPS) is 20.8. The molecule has 2 heterocycles. The third-order valence-corrected chi connectivity index (χ3v) is 4.68. The first kappa shape index (κ1) is 15.5. The predicted octanol–water partition coefficient (Wildman–Crippen LogP) is 1.73. The zero-order chi connectivity index (χ0) is 15.5. The number of benzene rings is 1. The van der Waals surface area contributed by atoms with Gasteiger partial charge in [0.05, 0.1) is 24.2 Å². The van der Waals surface area contributed by atoms with E-state index in [4.69, 9.17) is 9.72 Å². The van der Waals surface area contributed by atoms with Gasteiger partial charge in [0, 0.05) is 46.4 Å². The van der Waals surface area contributed by atoms with Crippen LogP contribution in [0.15, 0.2) is 24.3 Å².